The molecule has 0 atom stereocenters. The van der Waals surface area contributed by atoms with E-state index >= 15 is 0 Å². The van der Waals surface area contributed by atoms with Gasteiger partial charge in [0, 0.05) is 17.2 Å². The van der Waals surface area contributed by atoms with E-state index in [4.69, 9.17) is 44.3 Å². The standard InChI is InChI=1S/C32H25Cl3O3/c1-2-3-4-19-37-27-17-9-23(10-18-27)6-5-22-7-11-24(12-8-22)25-13-15-26(16-14-25)32(36)38-31-21-29(34)28(33)20-30(31)35/h7-18,20-21H,2-4,19H2,1H3. The van der Waals surface area contributed by atoms with Crippen LogP contribution in [0.4, 0.5) is 0 Å². The predicted molar refractivity (Wildman–Crippen MR) is 156 cm³/mol. The van der Waals surface area contributed by atoms with E-state index in [0.29, 0.717) is 5.56 Å². The average molecular weight is 564 g/mol. The lowest BCUT2D eigenvalue weighted by Gasteiger charge is -2.08. The summed E-state index contributed by atoms with van der Waals surface area (Å²) < 4.78 is 11.1. The van der Waals surface area contributed by atoms with Gasteiger partial charge in [0.15, 0.2) is 5.75 Å². The predicted octanol–water partition coefficient (Wildman–Crippen LogP) is 9.50. The van der Waals surface area contributed by atoms with Gasteiger partial charge in [0.25, 0.3) is 0 Å². The summed E-state index contributed by atoms with van der Waals surface area (Å²) in [5.74, 6) is 6.87. The van der Waals surface area contributed by atoms with Crippen molar-refractivity contribution in [1.82, 2.24) is 0 Å². The minimum Gasteiger partial charge on any atom is -0.494 e. The Kier molecular flexibility index (Phi) is 9.73. The summed E-state index contributed by atoms with van der Waals surface area (Å²) in [5.41, 5.74) is 4.19. The first-order valence-corrected chi connectivity index (χ1v) is 13.4. The van der Waals surface area contributed by atoms with Crippen molar-refractivity contribution in [2.24, 2.45) is 0 Å². The summed E-state index contributed by atoms with van der Waals surface area (Å²) in [6.45, 7) is 2.92. The second-order valence-corrected chi connectivity index (χ2v) is 9.79. The van der Waals surface area contributed by atoms with Crippen LogP contribution in [-0.4, -0.2) is 12.6 Å². The molecule has 0 aromatic heterocycles. The van der Waals surface area contributed by atoms with Crippen LogP contribution < -0.4 is 9.47 Å². The summed E-state index contributed by atoms with van der Waals surface area (Å²) >= 11 is 18.0. The van der Waals surface area contributed by atoms with Crippen LogP contribution in [0.25, 0.3) is 11.1 Å². The van der Waals surface area contributed by atoms with Gasteiger partial charge in [0.2, 0.25) is 0 Å². The van der Waals surface area contributed by atoms with Crippen LogP contribution in [0.1, 0.15) is 47.7 Å². The van der Waals surface area contributed by atoms with E-state index < -0.39 is 5.97 Å². The van der Waals surface area contributed by atoms with Crippen molar-refractivity contribution in [3.05, 3.63) is 117 Å². The molecule has 0 fully saturated rings. The Morgan fingerprint density at radius 2 is 1.26 bits per heavy atom. The van der Waals surface area contributed by atoms with Gasteiger partial charge in [-0.25, -0.2) is 4.79 Å². The molecular weight excluding hydrogens is 539 g/mol. The van der Waals surface area contributed by atoms with Gasteiger partial charge in [-0.15, -0.1) is 0 Å². The molecule has 0 spiro atoms. The molecule has 38 heavy (non-hydrogen) atoms. The van der Waals surface area contributed by atoms with E-state index in [9.17, 15) is 4.79 Å². The zero-order valence-electron chi connectivity index (χ0n) is 20.8. The zero-order valence-corrected chi connectivity index (χ0v) is 23.0. The van der Waals surface area contributed by atoms with E-state index in [1.54, 1.807) is 12.1 Å². The average Bonchev–Trinajstić information content (AvgIpc) is 2.94. The van der Waals surface area contributed by atoms with Gasteiger partial charge < -0.3 is 9.47 Å². The van der Waals surface area contributed by atoms with Gasteiger partial charge in [-0.05, 0) is 72.1 Å². The fraction of sp³-hybridized carbons (Fsp3) is 0.156. The highest BCUT2D eigenvalue weighted by atomic mass is 35.5. The summed E-state index contributed by atoms with van der Waals surface area (Å²) in [6, 6.07) is 25.8. The topological polar surface area (TPSA) is 35.5 Å². The minimum atomic E-state index is -0.543. The van der Waals surface area contributed by atoms with Crippen LogP contribution in [0.3, 0.4) is 0 Å². The summed E-state index contributed by atoms with van der Waals surface area (Å²) in [4.78, 5) is 12.6. The smallest absolute Gasteiger partial charge is 0.343 e. The molecule has 3 nitrogen and oxygen atoms in total. The van der Waals surface area contributed by atoms with Gasteiger partial charge >= 0.3 is 5.97 Å². The second-order valence-electron chi connectivity index (χ2n) is 8.57. The Labute approximate surface area is 238 Å². The molecule has 0 unspecified atom stereocenters. The van der Waals surface area contributed by atoms with E-state index in [0.717, 1.165) is 41.0 Å². The Bertz CT molecular complexity index is 1450. The lowest BCUT2D eigenvalue weighted by Crippen LogP contribution is -2.08. The number of hydrogen-bond donors (Lipinski definition) is 0. The van der Waals surface area contributed by atoms with Crippen LogP contribution in [0, 0.1) is 11.8 Å². The Morgan fingerprint density at radius 3 is 1.87 bits per heavy atom. The molecule has 0 N–H and O–H groups in total. The molecule has 4 aromatic rings. The van der Waals surface area contributed by atoms with Crippen molar-refractivity contribution in [3.8, 4) is 34.5 Å². The first-order valence-electron chi connectivity index (χ1n) is 12.2. The highest BCUT2D eigenvalue weighted by Gasteiger charge is 2.14. The number of unbranched alkanes of at least 4 members (excludes halogenated alkanes) is 2. The van der Waals surface area contributed by atoms with E-state index in [1.165, 1.54) is 25.0 Å². The molecule has 192 valence electrons. The molecule has 0 aliphatic carbocycles. The number of rotatable bonds is 8. The van der Waals surface area contributed by atoms with Crippen LogP contribution in [0.5, 0.6) is 11.5 Å². The van der Waals surface area contributed by atoms with Crippen LogP contribution in [-0.2, 0) is 0 Å². The molecule has 0 radical (unpaired) electrons. The van der Waals surface area contributed by atoms with Crippen molar-refractivity contribution in [2.45, 2.75) is 26.2 Å². The van der Waals surface area contributed by atoms with Gasteiger partial charge in [-0.2, -0.15) is 0 Å². The molecule has 0 aliphatic heterocycles. The molecule has 6 heteroatoms. The molecule has 4 aromatic carbocycles. The van der Waals surface area contributed by atoms with Gasteiger partial charge in [0.1, 0.15) is 5.75 Å². The lowest BCUT2D eigenvalue weighted by atomic mass is 10.0. The molecule has 0 saturated heterocycles. The van der Waals surface area contributed by atoms with E-state index in [1.807, 2.05) is 60.7 Å². The Hall–Kier alpha value is -3.42. The van der Waals surface area contributed by atoms with Gasteiger partial charge in [-0.3, -0.25) is 0 Å². The summed E-state index contributed by atoms with van der Waals surface area (Å²) in [7, 11) is 0. The zero-order chi connectivity index (χ0) is 26.9. The second kappa shape index (κ2) is 13.4. The molecule has 0 amide bonds. The number of halogens is 3. The monoisotopic (exact) mass is 562 g/mol. The Morgan fingerprint density at radius 1 is 0.711 bits per heavy atom. The van der Waals surface area contributed by atoms with Crippen LogP contribution in [0.2, 0.25) is 15.1 Å². The number of carbonyl (C=O) groups is 1. The maximum atomic E-state index is 12.6. The lowest BCUT2D eigenvalue weighted by molar-refractivity contribution is 0.0735. The summed E-state index contributed by atoms with van der Waals surface area (Å²) in [6.07, 6.45) is 3.43. The molecule has 0 bridgehead atoms. The van der Waals surface area contributed by atoms with Crippen molar-refractivity contribution in [2.75, 3.05) is 6.61 Å². The first kappa shape index (κ1) is 27.6. The number of ether oxygens (including phenoxy) is 2. The van der Waals surface area contributed by atoms with Crippen LogP contribution >= 0.6 is 34.8 Å². The van der Waals surface area contributed by atoms with Crippen molar-refractivity contribution in [3.63, 3.8) is 0 Å². The molecule has 4 rings (SSSR count). The highest BCUT2D eigenvalue weighted by Crippen LogP contribution is 2.34. The largest absolute Gasteiger partial charge is 0.494 e. The van der Waals surface area contributed by atoms with E-state index in [-0.39, 0.29) is 20.8 Å². The highest BCUT2D eigenvalue weighted by molar-refractivity contribution is 6.43. The number of esters is 1. The number of carbonyl (C=O) groups excluding carboxylic acids is 1. The third kappa shape index (κ3) is 7.55. The molecule has 0 saturated carbocycles. The maximum absolute atomic E-state index is 12.6. The fourth-order valence-corrected chi connectivity index (χ4v) is 4.18. The third-order valence-electron chi connectivity index (χ3n) is 5.74. The minimum absolute atomic E-state index is 0.151. The van der Waals surface area contributed by atoms with Crippen molar-refractivity contribution >= 4 is 40.8 Å². The first-order chi connectivity index (χ1) is 18.4. The number of benzene rings is 4. The summed E-state index contributed by atoms with van der Waals surface area (Å²) in [5, 5.41) is 0.745. The van der Waals surface area contributed by atoms with E-state index in [2.05, 4.69) is 18.8 Å². The van der Waals surface area contributed by atoms with Crippen LogP contribution in [0.15, 0.2) is 84.9 Å². The quantitative estimate of drug-likeness (QED) is 0.0704. The SMILES string of the molecule is CCCCCOc1ccc(C#Cc2ccc(-c3ccc(C(=O)Oc4cc(Cl)c(Cl)cc4Cl)cc3)cc2)cc1. The fourth-order valence-electron chi connectivity index (χ4n) is 3.61. The van der Waals surface area contributed by atoms with Gasteiger partial charge in [-0.1, -0.05) is 90.7 Å². The molecular formula is C32H25Cl3O3. The Balaban J connectivity index is 1.36. The number of hydrogen-bond acceptors (Lipinski definition) is 3. The molecule has 0 aliphatic rings. The maximum Gasteiger partial charge on any atom is 0.343 e. The molecule has 0 heterocycles. The van der Waals surface area contributed by atoms with Crippen molar-refractivity contribution < 1.29 is 14.3 Å². The normalized spacial score (nSPS) is 10.4. The van der Waals surface area contributed by atoms with Crippen molar-refractivity contribution in [1.29, 1.82) is 0 Å². The van der Waals surface area contributed by atoms with Gasteiger partial charge in [0.05, 0.1) is 27.2 Å². The third-order valence-corrected chi connectivity index (χ3v) is 6.76.